The van der Waals surface area contributed by atoms with Gasteiger partial charge in [-0.3, -0.25) is 23.4 Å². The summed E-state index contributed by atoms with van der Waals surface area (Å²) in [6, 6.07) is 0. The second-order valence-electron chi connectivity index (χ2n) is 17.3. The summed E-state index contributed by atoms with van der Waals surface area (Å²) in [7, 11) is -4.76. The average Bonchev–Trinajstić information content (AvgIpc) is 3.30. The van der Waals surface area contributed by atoms with Crippen LogP contribution in [0.4, 0.5) is 0 Å². The first kappa shape index (κ1) is 63.2. The van der Waals surface area contributed by atoms with E-state index in [0.29, 0.717) is 19.3 Å². The summed E-state index contributed by atoms with van der Waals surface area (Å²) >= 11 is 0. The Labute approximate surface area is 402 Å². The molecule has 0 saturated carbocycles. The molecule has 0 radical (unpaired) electrons. The molecule has 2 N–H and O–H groups in total. The molecular formula is C54H95O11P. The molecule has 12 heteroatoms. The van der Waals surface area contributed by atoms with Gasteiger partial charge in [-0.05, 0) is 44.9 Å². The number of phosphoric ester groups is 1. The van der Waals surface area contributed by atoms with Crippen LogP contribution in [0.25, 0.3) is 0 Å². The van der Waals surface area contributed by atoms with Crippen LogP contribution in [0, 0.1) is 0 Å². The second-order valence-corrected chi connectivity index (χ2v) is 18.8. The molecule has 3 unspecified atom stereocenters. The normalized spacial score (nSPS) is 14.0. The highest BCUT2D eigenvalue weighted by molar-refractivity contribution is 7.47. The fraction of sp³-hybridized carbons (Fsp3) is 0.759. The van der Waals surface area contributed by atoms with E-state index in [9.17, 15) is 28.9 Å². The highest BCUT2D eigenvalue weighted by Crippen LogP contribution is 2.43. The molecule has 3 atom stereocenters. The molecule has 0 aromatic heterocycles. The average molecular weight is 951 g/mol. The molecule has 0 aromatic carbocycles. The van der Waals surface area contributed by atoms with Gasteiger partial charge < -0.3 is 24.2 Å². The van der Waals surface area contributed by atoms with Crippen LogP contribution in [-0.4, -0.2) is 66.5 Å². The number of hydrogen-bond donors (Lipinski definition) is 2. The van der Waals surface area contributed by atoms with Crippen LogP contribution >= 0.6 is 7.82 Å². The van der Waals surface area contributed by atoms with Crippen LogP contribution in [0.15, 0.2) is 60.8 Å². The van der Waals surface area contributed by atoms with Crippen molar-refractivity contribution in [1.29, 1.82) is 0 Å². The third-order valence-corrected chi connectivity index (χ3v) is 11.9. The van der Waals surface area contributed by atoms with Crippen molar-refractivity contribution in [3.8, 4) is 0 Å². The van der Waals surface area contributed by atoms with Gasteiger partial charge in [-0.1, -0.05) is 223 Å². The summed E-state index contributed by atoms with van der Waals surface area (Å²) in [6.07, 6.45) is 50.8. The molecular weight excluding hydrogens is 856 g/mol. The van der Waals surface area contributed by atoms with Gasteiger partial charge in [0.25, 0.3) is 0 Å². The molecule has 0 aliphatic heterocycles. The lowest BCUT2D eigenvalue weighted by atomic mass is 10.0. The second kappa shape index (κ2) is 48.6. The quantitative estimate of drug-likeness (QED) is 0.0197. The van der Waals surface area contributed by atoms with Gasteiger partial charge in [-0.2, -0.15) is 0 Å². The third-order valence-electron chi connectivity index (χ3n) is 11.0. The molecule has 0 saturated heterocycles. The lowest BCUT2D eigenvalue weighted by molar-refractivity contribution is -0.160. The molecule has 0 fully saturated rings. The summed E-state index contributed by atoms with van der Waals surface area (Å²) in [5, 5.41) is 9.76. The number of rotatable bonds is 48. The fourth-order valence-corrected chi connectivity index (χ4v) is 7.80. The maximum atomic E-state index is 12.8. The Morgan fingerprint density at radius 2 is 0.788 bits per heavy atom. The smallest absolute Gasteiger partial charge is 0.462 e. The predicted octanol–water partition coefficient (Wildman–Crippen LogP) is 14.8. The van der Waals surface area contributed by atoms with Crippen LogP contribution in [-0.2, 0) is 42.2 Å². The van der Waals surface area contributed by atoms with Crippen molar-refractivity contribution in [3.63, 3.8) is 0 Å². The van der Waals surface area contributed by atoms with Crippen LogP contribution < -0.4 is 0 Å². The highest BCUT2D eigenvalue weighted by atomic mass is 31.2. The van der Waals surface area contributed by atoms with Crippen LogP contribution in [0.2, 0.25) is 0 Å². The Balaban J connectivity index is 4.85. The van der Waals surface area contributed by atoms with Crippen molar-refractivity contribution in [2.45, 2.75) is 238 Å². The number of allylic oxidation sites excluding steroid dienone is 9. The minimum absolute atomic E-state index is 0.0625. The zero-order valence-corrected chi connectivity index (χ0v) is 42.8. The Bertz CT molecular complexity index is 1340. The van der Waals surface area contributed by atoms with Crippen LogP contribution in [0.1, 0.15) is 226 Å². The molecule has 66 heavy (non-hydrogen) atoms. The van der Waals surface area contributed by atoms with Gasteiger partial charge >= 0.3 is 25.7 Å². The number of hydrogen-bond acceptors (Lipinski definition) is 10. The van der Waals surface area contributed by atoms with Crippen LogP contribution in [0.5, 0.6) is 0 Å². The summed E-state index contributed by atoms with van der Waals surface area (Å²) in [6.45, 7) is 4.41. The third kappa shape index (κ3) is 46.3. The number of esters is 3. The largest absolute Gasteiger partial charge is 0.472 e. The summed E-state index contributed by atoms with van der Waals surface area (Å²) in [5.41, 5.74) is 0. The Morgan fingerprint density at radius 3 is 1.20 bits per heavy atom. The lowest BCUT2D eigenvalue weighted by Gasteiger charge is -2.21. The molecule has 0 heterocycles. The van der Waals surface area contributed by atoms with E-state index < -0.39 is 57.8 Å². The fourth-order valence-electron chi connectivity index (χ4n) is 7.02. The number of ether oxygens (including phenoxy) is 3. The minimum atomic E-state index is -4.76. The van der Waals surface area contributed by atoms with E-state index in [1.165, 1.54) is 103 Å². The van der Waals surface area contributed by atoms with Crippen molar-refractivity contribution >= 4 is 25.7 Å². The van der Waals surface area contributed by atoms with E-state index in [1.54, 1.807) is 6.08 Å². The monoisotopic (exact) mass is 951 g/mol. The van der Waals surface area contributed by atoms with E-state index in [-0.39, 0.29) is 25.9 Å². The topological polar surface area (TPSA) is 155 Å². The Hall–Kier alpha value is -2.82. The van der Waals surface area contributed by atoms with Crippen molar-refractivity contribution in [2.24, 2.45) is 0 Å². The molecule has 0 aromatic rings. The number of aliphatic hydroxyl groups excluding tert-OH is 1. The minimum Gasteiger partial charge on any atom is -0.462 e. The first-order valence-corrected chi connectivity index (χ1v) is 27.7. The summed E-state index contributed by atoms with van der Waals surface area (Å²) < 4.78 is 39.2. The van der Waals surface area contributed by atoms with E-state index in [0.717, 1.165) is 64.2 Å². The van der Waals surface area contributed by atoms with Crippen molar-refractivity contribution < 1.29 is 52.2 Å². The van der Waals surface area contributed by atoms with Crippen molar-refractivity contribution in [3.05, 3.63) is 60.8 Å². The van der Waals surface area contributed by atoms with Gasteiger partial charge in [-0.25, -0.2) is 4.57 Å². The number of unbranched alkanes of at least 4 members (excludes halogenated alkanes) is 22. The number of aliphatic hydroxyl groups is 1. The van der Waals surface area contributed by atoms with E-state index in [2.05, 4.69) is 63.3 Å². The van der Waals surface area contributed by atoms with E-state index >= 15 is 0 Å². The van der Waals surface area contributed by atoms with Crippen LogP contribution in [0.3, 0.4) is 0 Å². The standard InChI is InChI=1S/C54H95O11P/c1-4-7-10-13-16-19-22-24-25-27-30-33-36-39-42-45-54(58)65-51(47-61-52(56)43-40-37-34-31-29-26-23-20-17-14-11-8-5-2)49-63-66(59,60)62-48-50(46-55)64-53(57)44-41-38-35-32-28-21-18-15-12-9-6-3/h7,10,16,19,24-25,30,33,39,42,50-51,55H,4-6,8-9,11-15,17-18,20-23,26-29,31-32,34-38,40-41,43-49H2,1-3H3,(H,59,60)/b10-7-,19-16-,25-24-,33-30-,42-39-. The molecule has 0 rings (SSSR count). The number of phosphoric acid groups is 1. The highest BCUT2D eigenvalue weighted by Gasteiger charge is 2.28. The van der Waals surface area contributed by atoms with Gasteiger partial charge in [0.2, 0.25) is 0 Å². The van der Waals surface area contributed by atoms with Gasteiger partial charge in [0.05, 0.1) is 26.2 Å². The zero-order chi connectivity index (χ0) is 48.4. The molecule has 0 amide bonds. The molecule has 0 aliphatic carbocycles. The molecule has 0 aliphatic rings. The number of carbonyl (C=O) groups excluding carboxylic acids is 3. The molecule has 382 valence electrons. The maximum Gasteiger partial charge on any atom is 0.472 e. The van der Waals surface area contributed by atoms with E-state index in [4.69, 9.17) is 23.3 Å². The Kier molecular flexibility index (Phi) is 46.6. The van der Waals surface area contributed by atoms with E-state index in [1.807, 2.05) is 12.2 Å². The van der Waals surface area contributed by atoms with Gasteiger partial charge in [0, 0.05) is 12.8 Å². The molecule has 0 spiro atoms. The van der Waals surface area contributed by atoms with Gasteiger partial charge in [0.15, 0.2) is 6.10 Å². The summed E-state index contributed by atoms with van der Waals surface area (Å²) in [5.74, 6) is -1.61. The maximum absolute atomic E-state index is 12.8. The summed E-state index contributed by atoms with van der Waals surface area (Å²) in [4.78, 5) is 48.2. The first-order chi connectivity index (χ1) is 32.2. The lowest BCUT2D eigenvalue weighted by Crippen LogP contribution is -2.30. The van der Waals surface area contributed by atoms with Crippen molar-refractivity contribution in [1.82, 2.24) is 0 Å². The molecule has 11 nitrogen and oxygen atoms in total. The number of carbonyl (C=O) groups is 3. The SMILES string of the molecule is CC/C=C\C/C=C\C/C=C\C/C=C\C/C=C\CC(=O)OC(COC(=O)CCCCCCCCCCCCCCC)COP(=O)(O)OCC(CO)OC(=O)CCCCCCCCCCCCC. The van der Waals surface area contributed by atoms with Gasteiger partial charge in [-0.15, -0.1) is 0 Å². The zero-order valence-electron chi connectivity index (χ0n) is 41.9. The van der Waals surface area contributed by atoms with Gasteiger partial charge in [0.1, 0.15) is 12.7 Å². The van der Waals surface area contributed by atoms with Crippen molar-refractivity contribution in [2.75, 3.05) is 26.4 Å². The Morgan fingerprint density at radius 1 is 0.439 bits per heavy atom. The molecule has 0 bridgehead atoms. The first-order valence-electron chi connectivity index (χ1n) is 26.2. The predicted molar refractivity (Wildman–Crippen MR) is 270 cm³/mol.